The lowest BCUT2D eigenvalue weighted by atomic mass is 10.1. The summed E-state index contributed by atoms with van der Waals surface area (Å²) in [7, 11) is 1.84. The standard InChI is InChI=1S/C13H17N5/c1-6-11-8(2)16-18(10(11)4)13-12(7-14)9(3)15-17(13)5/h6H2,1-5H3. The first-order chi connectivity index (χ1) is 8.51. The number of nitrogens with zero attached hydrogens (tertiary/aromatic N) is 5. The molecule has 0 radical (unpaired) electrons. The second kappa shape index (κ2) is 4.30. The molecular weight excluding hydrogens is 226 g/mol. The highest BCUT2D eigenvalue weighted by molar-refractivity contribution is 5.48. The van der Waals surface area contributed by atoms with Gasteiger partial charge in [0.15, 0.2) is 5.82 Å². The zero-order chi connectivity index (χ0) is 13.4. The van der Waals surface area contributed by atoms with Crippen molar-refractivity contribution in [1.29, 1.82) is 5.26 Å². The Morgan fingerprint density at radius 2 is 1.83 bits per heavy atom. The van der Waals surface area contributed by atoms with Crippen LogP contribution in [0.5, 0.6) is 0 Å². The summed E-state index contributed by atoms with van der Waals surface area (Å²) in [4.78, 5) is 0. The molecular formula is C13H17N5. The van der Waals surface area contributed by atoms with Gasteiger partial charge in [-0.25, -0.2) is 9.36 Å². The largest absolute Gasteiger partial charge is 0.250 e. The van der Waals surface area contributed by atoms with Crippen LogP contribution in [-0.4, -0.2) is 19.6 Å². The Balaban J connectivity index is 2.74. The highest BCUT2D eigenvalue weighted by Crippen LogP contribution is 2.22. The van der Waals surface area contributed by atoms with Crippen molar-refractivity contribution in [2.45, 2.75) is 34.1 Å². The lowest BCUT2D eigenvalue weighted by Gasteiger charge is -2.05. The molecule has 18 heavy (non-hydrogen) atoms. The van der Waals surface area contributed by atoms with Gasteiger partial charge in [0.1, 0.15) is 11.6 Å². The molecule has 0 N–H and O–H groups in total. The molecule has 2 aromatic heterocycles. The van der Waals surface area contributed by atoms with Crippen molar-refractivity contribution in [2.75, 3.05) is 0 Å². The van der Waals surface area contributed by atoms with Gasteiger partial charge in [0, 0.05) is 12.7 Å². The molecule has 5 nitrogen and oxygen atoms in total. The molecule has 0 unspecified atom stereocenters. The molecule has 2 aromatic rings. The molecule has 0 saturated carbocycles. The van der Waals surface area contributed by atoms with Gasteiger partial charge in [-0.1, -0.05) is 6.92 Å². The van der Waals surface area contributed by atoms with E-state index in [-0.39, 0.29) is 0 Å². The van der Waals surface area contributed by atoms with E-state index >= 15 is 0 Å². The van der Waals surface area contributed by atoms with E-state index in [2.05, 4.69) is 23.2 Å². The fraction of sp³-hybridized carbons (Fsp3) is 0.462. The van der Waals surface area contributed by atoms with E-state index in [4.69, 9.17) is 0 Å². The summed E-state index contributed by atoms with van der Waals surface area (Å²) in [5.41, 5.74) is 4.65. The molecule has 94 valence electrons. The fourth-order valence-corrected chi connectivity index (χ4v) is 2.41. The zero-order valence-corrected chi connectivity index (χ0v) is 11.4. The van der Waals surface area contributed by atoms with Gasteiger partial charge in [-0.15, -0.1) is 0 Å². The zero-order valence-electron chi connectivity index (χ0n) is 11.4. The van der Waals surface area contributed by atoms with Crippen molar-refractivity contribution >= 4 is 0 Å². The van der Waals surface area contributed by atoms with Crippen molar-refractivity contribution in [3.8, 4) is 11.9 Å². The van der Waals surface area contributed by atoms with E-state index in [1.165, 1.54) is 5.56 Å². The van der Waals surface area contributed by atoms with Crippen LogP contribution in [0.25, 0.3) is 5.82 Å². The molecule has 0 fully saturated rings. The van der Waals surface area contributed by atoms with Crippen molar-refractivity contribution < 1.29 is 0 Å². The van der Waals surface area contributed by atoms with E-state index < -0.39 is 0 Å². The van der Waals surface area contributed by atoms with Crippen LogP contribution < -0.4 is 0 Å². The third-order valence-corrected chi connectivity index (χ3v) is 3.30. The number of aromatic nitrogens is 4. The van der Waals surface area contributed by atoms with Gasteiger partial charge in [0.25, 0.3) is 0 Å². The molecule has 0 aromatic carbocycles. The Bertz CT molecular complexity index is 639. The lowest BCUT2D eigenvalue weighted by Crippen LogP contribution is -2.08. The molecule has 0 aliphatic heterocycles. The minimum absolute atomic E-state index is 0.589. The van der Waals surface area contributed by atoms with Crippen molar-refractivity contribution in [3.05, 3.63) is 28.2 Å². The molecule has 0 spiro atoms. The van der Waals surface area contributed by atoms with E-state index in [0.29, 0.717) is 5.56 Å². The normalized spacial score (nSPS) is 10.7. The Morgan fingerprint density at radius 3 is 2.33 bits per heavy atom. The molecule has 0 aliphatic carbocycles. The maximum Gasteiger partial charge on any atom is 0.170 e. The topological polar surface area (TPSA) is 59.4 Å². The highest BCUT2D eigenvalue weighted by Gasteiger charge is 2.19. The van der Waals surface area contributed by atoms with Crippen molar-refractivity contribution in [2.24, 2.45) is 7.05 Å². The average molecular weight is 243 g/mol. The second-order valence-corrected chi connectivity index (χ2v) is 4.43. The Labute approximate surface area is 107 Å². The van der Waals surface area contributed by atoms with E-state index in [9.17, 15) is 5.26 Å². The molecule has 0 amide bonds. The third-order valence-electron chi connectivity index (χ3n) is 3.30. The van der Waals surface area contributed by atoms with Crippen LogP contribution in [0.15, 0.2) is 0 Å². The molecule has 0 atom stereocenters. The number of aryl methyl sites for hydroxylation is 3. The maximum absolute atomic E-state index is 9.25. The van der Waals surface area contributed by atoms with E-state index in [1.807, 2.05) is 32.5 Å². The van der Waals surface area contributed by atoms with Crippen LogP contribution in [0.2, 0.25) is 0 Å². The molecule has 0 saturated heterocycles. The monoisotopic (exact) mass is 243 g/mol. The number of rotatable bonds is 2. The van der Waals surface area contributed by atoms with Gasteiger partial charge in [-0.05, 0) is 32.8 Å². The summed E-state index contributed by atoms with van der Waals surface area (Å²) in [6.07, 6.45) is 0.941. The lowest BCUT2D eigenvalue weighted by molar-refractivity contribution is 0.681. The predicted molar refractivity (Wildman–Crippen MR) is 68.6 cm³/mol. The molecule has 0 bridgehead atoms. The Hall–Kier alpha value is -2.09. The minimum atomic E-state index is 0.589. The van der Waals surface area contributed by atoms with Crippen molar-refractivity contribution in [1.82, 2.24) is 19.6 Å². The summed E-state index contributed by atoms with van der Waals surface area (Å²) >= 11 is 0. The second-order valence-electron chi connectivity index (χ2n) is 4.43. The summed E-state index contributed by atoms with van der Waals surface area (Å²) < 4.78 is 3.54. The van der Waals surface area contributed by atoms with Crippen LogP contribution in [0.3, 0.4) is 0 Å². The van der Waals surface area contributed by atoms with Gasteiger partial charge >= 0.3 is 0 Å². The van der Waals surface area contributed by atoms with Crippen LogP contribution in [-0.2, 0) is 13.5 Å². The van der Waals surface area contributed by atoms with E-state index in [1.54, 1.807) is 4.68 Å². The van der Waals surface area contributed by atoms with Crippen LogP contribution in [0, 0.1) is 32.1 Å². The van der Waals surface area contributed by atoms with Gasteiger partial charge in [-0.3, -0.25) is 0 Å². The maximum atomic E-state index is 9.25. The third kappa shape index (κ3) is 1.61. The quantitative estimate of drug-likeness (QED) is 0.810. The van der Waals surface area contributed by atoms with Crippen molar-refractivity contribution in [3.63, 3.8) is 0 Å². The first-order valence-corrected chi connectivity index (χ1v) is 6.00. The average Bonchev–Trinajstić information content (AvgIpc) is 2.75. The predicted octanol–water partition coefficient (Wildman–Crippen LogP) is 1.97. The fourth-order valence-electron chi connectivity index (χ4n) is 2.41. The molecule has 0 aliphatic rings. The Kier molecular flexibility index (Phi) is 2.95. The summed E-state index contributed by atoms with van der Waals surface area (Å²) in [5.74, 6) is 0.746. The summed E-state index contributed by atoms with van der Waals surface area (Å²) in [6.45, 7) is 7.98. The van der Waals surface area contributed by atoms with Crippen LogP contribution >= 0.6 is 0 Å². The first kappa shape index (κ1) is 12.4. The molecule has 2 rings (SSSR count). The summed E-state index contributed by atoms with van der Waals surface area (Å²) in [6, 6.07) is 2.21. The minimum Gasteiger partial charge on any atom is -0.250 e. The highest BCUT2D eigenvalue weighted by atomic mass is 15.4. The SMILES string of the molecule is CCc1c(C)nn(-c2c(C#N)c(C)nn2C)c1C. The van der Waals surface area contributed by atoms with Gasteiger partial charge < -0.3 is 0 Å². The number of hydrogen-bond donors (Lipinski definition) is 0. The van der Waals surface area contributed by atoms with Crippen LogP contribution in [0.4, 0.5) is 0 Å². The van der Waals surface area contributed by atoms with Crippen LogP contribution in [0.1, 0.15) is 35.1 Å². The molecule has 5 heteroatoms. The first-order valence-electron chi connectivity index (χ1n) is 6.00. The number of hydrogen-bond acceptors (Lipinski definition) is 3. The van der Waals surface area contributed by atoms with Gasteiger partial charge in [0.05, 0.1) is 11.4 Å². The Morgan fingerprint density at radius 1 is 1.17 bits per heavy atom. The molecule has 2 heterocycles. The van der Waals surface area contributed by atoms with Gasteiger partial charge in [0.2, 0.25) is 0 Å². The van der Waals surface area contributed by atoms with E-state index in [0.717, 1.165) is 29.3 Å². The number of nitriles is 1. The summed E-state index contributed by atoms with van der Waals surface area (Å²) in [5, 5.41) is 18.1. The smallest absolute Gasteiger partial charge is 0.170 e. The van der Waals surface area contributed by atoms with Gasteiger partial charge in [-0.2, -0.15) is 15.5 Å².